The number of ketones is 1. The van der Waals surface area contributed by atoms with Crippen molar-refractivity contribution in [2.24, 2.45) is 5.92 Å². The fourth-order valence-electron chi connectivity index (χ4n) is 4.78. The highest BCUT2D eigenvalue weighted by Crippen LogP contribution is 2.38. The van der Waals surface area contributed by atoms with Gasteiger partial charge in [-0.05, 0) is 31.0 Å². The number of carbonyl (C=O) groups is 2. The van der Waals surface area contributed by atoms with Gasteiger partial charge in [0.05, 0.1) is 29.3 Å². The lowest BCUT2D eigenvalue weighted by Crippen LogP contribution is -2.18. The van der Waals surface area contributed by atoms with Gasteiger partial charge >= 0.3 is 0 Å². The Balaban J connectivity index is 1.74. The summed E-state index contributed by atoms with van der Waals surface area (Å²) >= 11 is 0. The molecule has 1 amide bonds. The van der Waals surface area contributed by atoms with Gasteiger partial charge in [0.2, 0.25) is 5.91 Å². The van der Waals surface area contributed by atoms with Crippen LogP contribution in [-0.4, -0.2) is 39.1 Å². The number of pyridine rings is 1. The Morgan fingerprint density at radius 3 is 2.63 bits per heavy atom. The van der Waals surface area contributed by atoms with E-state index < -0.39 is 24.0 Å². The topological polar surface area (TPSA) is 99.5 Å². The van der Waals surface area contributed by atoms with Crippen molar-refractivity contribution in [3.05, 3.63) is 48.2 Å². The fraction of sp³-hybridized carbons (Fsp3) is 0.552. The zero-order chi connectivity index (χ0) is 25.2. The first kappa shape index (κ1) is 27.0. The molecule has 0 unspecified atom stereocenters. The van der Waals surface area contributed by atoms with Gasteiger partial charge in [-0.2, -0.15) is 0 Å². The van der Waals surface area contributed by atoms with E-state index in [1.54, 1.807) is 12.2 Å². The van der Waals surface area contributed by atoms with E-state index in [0.29, 0.717) is 29.7 Å². The molecule has 0 saturated heterocycles. The molecule has 1 fully saturated rings. The predicted molar refractivity (Wildman–Crippen MR) is 140 cm³/mol. The van der Waals surface area contributed by atoms with Crippen LogP contribution in [0.3, 0.4) is 0 Å². The number of hydrogen-bond acceptors (Lipinski definition) is 5. The normalized spacial score (nSPS) is 21.1. The van der Waals surface area contributed by atoms with Gasteiger partial charge in [-0.15, -0.1) is 0 Å². The maximum absolute atomic E-state index is 12.8. The van der Waals surface area contributed by atoms with Gasteiger partial charge in [-0.3, -0.25) is 14.6 Å². The molecule has 0 radical (unpaired) electrons. The second kappa shape index (κ2) is 13.5. The van der Waals surface area contributed by atoms with Crippen LogP contribution in [0.15, 0.2) is 42.5 Å². The van der Waals surface area contributed by atoms with Gasteiger partial charge in [0, 0.05) is 29.8 Å². The van der Waals surface area contributed by atoms with Gasteiger partial charge in [-0.25, -0.2) is 0 Å². The smallest absolute Gasteiger partial charge is 0.224 e. The summed E-state index contributed by atoms with van der Waals surface area (Å²) in [4.78, 5) is 29.8. The number of carbonyl (C=O) groups excluding carboxylic acids is 2. The fourth-order valence-corrected chi connectivity index (χ4v) is 4.78. The highest BCUT2D eigenvalue weighted by Gasteiger charge is 2.41. The lowest BCUT2D eigenvalue weighted by atomic mass is 9.89. The van der Waals surface area contributed by atoms with Crippen LogP contribution in [0.4, 0.5) is 5.69 Å². The number of aliphatic hydroxyl groups excluding tert-OH is 2. The second-order valence-electron chi connectivity index (χ2n) is 9.74. The Morgan fingerprint density at radius 1 is 1.11 bits per heavy atom. The number of nitrogens with one attached hydrogen (secondary N) is 1. The van der Waals surface area contributed by atoms with Crippen LogP contribution in [0.2, 0.25) is 0 Å². The molecule has 3 rings (SSSR count). The van der Waals surface area contributed by atoms with Crippen molar-refractivity contribution in [2.45, 2.75) is 96.2 Å². The van der Waals surface area contributed by atoms with E-state index in [-0.39, 0.29) is 18.1 Å². The third kappa shape index (κ3) is 7.71. The van der Waals surface area contributed by atoms with Crippen molar-refractivity contribution in [2.75, 3.05) is 5.32 Å². The van der Waals surface area contributed by atoms with Gasteiger partial charge in [-0.1, -0.05) is 76.7 Å². The molecular formula is C29H40N2O4. The molecule has 1 aliphatic carbocycles. The third-order valence-corrected chi connectivity index (χ3v) is 6.82. The van der Waals surface area contributed by atoms with Gasteiger partial charge in [0.25, 0.3) is 0 Å². The largest absolute Gasteiger partial charge is 0.392 e. The number of unbranched alkanes of at least 4 members (excludes halogenated alkanes) is 5. The number of fused-ring (bicyclic) bond motifs is 1. The first-order chi connectivity index (χ1) is 16.9. The number of anilines is 1. The summed E-state index contributed by atoms with van der Waals surface area (Å²) in [7, 11) is 0. The minimum absolute atomic E-state index is 0.00611. The molecule has 1 aliphatic rings. The average Bonchev–Trinajstić information content (AvgIpc) is 3.12. The maximum atomic E-state index is 12.8. The highest BCUT2D eigenvalue weighted by molar-refractivity contribution is 5.94. The van der Waals surface area contributed by atoms with Crippen LogP contribution >= 0.6 is 0 Å². The Hall–Kier alpha value is -2.57. The first-order valence-corrected chi connectivity index (χ1v) is 13.2. The zero-order valence-corrected chi connectivity index (χ0v) is 21.1. The van der Waals surface area contributed by atoms with E-state index in [0.717, 1.165) is 50.3 Å². The van der Waals surface area contributed by atoms with Crippen LogP contribution in [0.1, 0.15) is 89.7 Å². The molecule has 3 N–H and O–H groups in total. The molecule has 0 aliphatic heterocycles. The van der Waals surface area contributed by atoms with Crippen LogP contribution < -0.4 is 5.32 Å². The van der Waals surface area contributed by atoms with Gasteiger partial charge in [0.15, 0.2) is 0 Å². The molecule has 6 heteroatoms. The lowest BCUT2D eigenvalue weighted by molar-refractivity contribution is -0.119. The quantitative estimate of drug-likeness (QED) is 0.253. The Bertz CT molecular complexity index is 1020. The lowest BCUT2D eigenvalue weighted by Gasteiger charge is -2.18. The van der Waals surface area contributed by atoms with E-state index in [9.17, 15) is 19.8 Å². The number of nitrogens with zero attached hydrogens (tertiary/aromatic N) is 1. The molecule has 4 atom stereocenters. The maximum Gasteiger partial charge on any atom is 0.224 e. The Labute approximate surface area is 208 Å². The summed E-state index contributed by atoms with van der Waals surface area (Å²) in [5.74, 6) is -1.02. The molecule has 0 spiro atoms. The van der Waals surface area contributed by atoms with E-state index in [1.807, 2.05) is 30.3 Å². The van der Waals surface area contributed by atoms with Crippen molar-refractivity contribution < 1.29 is 19.8 Å². The standard InChI is InChI=1S/C29H40N2O4/c1-3-5-7-9-11-28(35)30-21-14-12-20-13-17-24(31-25(20)18-21)29-23(26(33)19-27(29)34)16-15-22(32)10-8-6-4-2/h12-18,22-23,26,29,32-33H,3-11,19H2,1-2H3,(H,30,35)/b16-15+/t22-,23-,26+,29+/m0/s1. The molecule has 0 bridgehead atoms. The summed E-state index contributed by atoms with van der Waals surface area (Å²) in [6.07, 6.45) is 10.7. The van der Waals surface area contributed by atoms with Gasteiger partial charge < -0.3 is 15.5 Å². The van der Waals surface area contributed by atoms with E-state index in [2.05, 4.69) is 19.2 Å². The first-order valence-electron chi connectivity index (χ1n) is 13.2. The summed E-state index contributed by atoms with van der Waals surface area (Å²) in [6.45, 7) is 4.27. The van der Waals surface area contributed by atoms with Gasteiger partial charge in [0.1, 0.15) is 5.78 Å². The molecular weight excluding hydrogens is 440 g/mol. The molecule has 2 aromatic rings. The zero-order valence-electron chi connectivity index (χ0n) is 21.1. The van der Waals surface area contributed by atoms with Crippen molar-refractivity contribution in [1.29, 1.82) is 0 Å². The van der Waals surface area contributed by atoms with E-state index in [4.69, 9.17) is 4.98 Å². The van der Waals surface area contributed by atoms with Crippen molar-refractivity contribution in [3.8, 4) is 0 Å². The predicted octanol–water partition coefficient (Wildman–Crippen LogP) is 5.67. The minimum atomic E-state index is -0.789. The van der Waals surface area contributed by atoms with E-state index in [1.165, 1.54) is 0 Å². The molecule has 1 heterocycles. The monoisotopic (exact) mass is 480 g/mol. The SMILES string of the molecule is CCCCCCC(=O)Nc1ccc2ccc([C@@H]3C(=O)C[C@@H](O)[C@@H]3/C=C/[C@@H](O)CCCCC)nc2c1. The van der Waals surface area contributed by atoms with Crippen molar-refractivity contribution >= 4 is 28.3 Å². The number of aliphatic hydroxyl groups is 2. The summed E-state index contributed by atoms with van der Waals surface area (Å²) < 4.78 is 0. The van der Waals surface area contributed by atoms with Crippen LogP contribution in [0.5, 0.6) is 0 Å². The average molecular weight is 481 g/mol. The highest BCUT2D eigenvalue weighted by atomic mass is 16.3. The van der Waals surface area contributed by atoms with Crippen molar-refractivity contribution in [3.63, 3.8) is 0 Å². The summed E-state index contributed by atoms with van der Waals surface area (Å²) in [6, 6.07) is 9.37. The van der Waals surface area contributed by atoms with Crippen LogP contribution in [-0.2, 0) is 9.59 Å². The molecule has 190 valence electrons. The molecule has 1 aromatic carbocycles. The number of amides is 1. The third-order valence-electron chi connectivity index (χ3n) is 6.82. The number of benzene rings is 1. The second-order valence-corrected chi connectivity index (χ2v) is 9.74. The number of Topliss-reactive ketones (excluding diaryl/α,β-unsaturated/α-hetero) is 1. The molecule has 1 aromatic heterocycles. The summed E-state index contributed by atoms with van der Waals surface area (Å²) in [5, 5.41) is 24.7. The number of rotatable bonds is 13. The Morgan fingerprint density at radius 2 is 1.86 bits per heavy atom. The molecule has 1 saturated carbocycles. The van der Waals surface area contributed by atoms with Crippen molar-refractivity contribution in [1.82, 2.24) is 4.98 Å². The van der Waals surface area contributed by atoms with E-state index >= 15 is 0 Å². The Kier molecular flexibility index (Phi) is 10.4. The minimum Gasteiger partial charge on any atom is -0.392 e. The summed E-state index contributed by atoms with van der Waals surface area (Å²) in [5.41, 5.74) is 1.99. The number of hydrogen-bond donors (Lipinski definition) is 3. The number of aromatic nitrogens is 1. The molecule has 6 nitrogen and oxygen atoms in total. The van der Waals surface area contributed by atoms with Crippen LogP contribution in [0, 0.1) is 5.92 Å². The molecule has 35 heavy (non-hydrogen) atoms. The van der Waals surface area contributed by atoms with Crippen LogP contribution in [0.25, 0.3) is 10.9 Å².